The number of phosphoric ester groups is 2. The van der Waals surface area contributed by atoms with E-state index in [-0.39, 0.29) is 25.7 Å². The Kier molecular flexibility index (Phi) is 57.6. The third-order valence-corrected chi connectivity index (χ3v) is 18.1. The molecule has 0 aromatic heterocycles. The number of carbonyl (C=O) groups is 4. The van der Waals surface area contributed by atoms with Gasteiger partial charge < -0.3 is 33.8 Å². The van der Waals surface area contributed by atoms with Crippen LogP contribution < -0.4 is 0 Å². The van der Waals surface area contributed by atoms with Crippen molar-refractivity contribution in [3.05, 3.63) is 0 Å². The van der Waals surface area contributed by atoms with E-state index >= 15 is 0 Å². The lowest BCUT2D eigenvalue weighted by Crippen LogP contribution is -2.30. The molecule has 4 unspecified atom stereocenters. The maximum Gasteiger partial charge on any atom is 0.472 e. The summed E-state index contributed by atoms with van der Waals surface area (Å²) < 4.78 is 68.2. The van der Waals surface area contributed by atoms with E-state index in [1.54, 1.807) is 0 Å². The summed E-state index contributed by atoms with van der Waals surface area (Å²) in [6, 6.07) is 0. The quantitative estimate of drug-likeness (QED) is 0.0222. The molecule has 6 atom stereocenters. The summed E-state index contributed by atoms with van der Waals surface area (Å²) >= 11 is 0. The number of carbonyl (C=O) groups excluding carboxylic acids is 4. The first-order chi connectivity index (χ1) is 42.1. The molecule has 0 amide bonds. The standard InChI is InChI=1S/C69H134O17P2/c1-9-62(8)48-40-32-23-16-14-12-10-11-13-15-17-24-35-43-51-68(73)85-64(55-79-66(71)49-41-33-26-20-22-30-38-46-60(4)5)57-83-87(75,76)81-53-63(70)54-82-88(77,78)84-58-65(56-80-67(72)50-42-34-28-27-31-39-47-61(6)7)86-69(74)52-44-36-25-19-18-21-29-37-45-59(2)3/h59-65,70H,9-58H2,1-8H3,(H,75,76)(H,77,78)/t62?,63?,64-,65-/m1/s1. The van der Waals surface area contributed by atoms with Crippen LogP contribution in [-0.2, 0) is 65.4 Å². The van der Waals surface area contributed by atoms with Gasteiger partial charge in [-0.2, -0.15) is 0 Å². The van der Waals surface area contributed by atoms with Crippen molar-refractivity contribution in [2.75, 3.05) is 39.6 Å². The van der Waals surface area contributed by atoms with Gasteiger partial charge in [-0.25, -0.2) is 9.13 Å². The molecular weight excluding hydrogens is 1160 g/mol. The smallest absolute Gasteiger partial charge is 0.462 e. The van der Waals surface area contributed by atoms with E-state index in [0.717, 1.165) is 115 Å². The number of ether oxygens (including phenoxy) is 4. The minimum atomic E-state index is -4.95. The fourth-order valence-electron chi connectivity index (χ4n) is 10.3. The van der Waals surface area contributed by atoms with Gasteiger partial charge in [-0.3, -0.25) is 37.3 Å². The molecule has 0 aliphatic carbocycles. The number of hydrogen-bond acceptors (Lipinski definition) is 15. The fourth-order valence-corrected chi connectivity index (χ4v) is 11.9. The monoisotopic (exact) mass is 1300 g/mol. The van der Waals surface area contributed by atoms with Gasteiger partial charge in [0.25, 0.3) is 0 Å². The molecule has 17 nitrogen and oxygen atoms in total. The number of hydrogen-bond donors (Lipinski definition) is 3. The summed E-state index contributed by atoms with van der Waals surface area (Å²) in [6.07, 6.45) is 40.6. The molecule has 0 rings (SSSR count). The highest BCUT2D eigenvalue weighted by Crippen LogP contribution is 2.45. The Morgan fingerprint density at radius 3 is 0.807 bits per heavy atom. The van der Waals surface area contributed by atoms with Gasteiger partial charge in [0.05, 0.1) is 26.4 Å². The zero-order valence-corrected chi connectivity index (χ0v) is 59.1. The molecule has 0 fully saturated rings. The second-order valence-electron chi connectivity index (χ2n) is 26.6. The van der Waals surface area contributed by atoms with Gasteiger partial charge >= 0.3 is 39.5 Å². The maximum absolute atomic E-state index is 13.0. The van der Waals surface area contributed by atoms with Crippen LogP contribution in [0.1, 0.15) is 338 Å². The predicted octanol–water partition coefficient (Wildman–Crippen LogP) is 19.3. The highest BCUT2D eigenvalue weighted by atomic mass is 31.2. The normalized spacial score (nSPS) is 14.6. The molecule has 88 heavy (non-hydrogen) atoms. The Hall–Kier alpha value is -1.94. The lowest BCUT2D eigenvalue weighted by atomic mass is 9.99. The minimum Gasteiger partial charge on any atom is -0.462 e. The molecule has 0 radical (unpaired) electrons. The van der Waals surface area contributed by atoms with Crippen molar-refractivity contribution in [3.8, 4) is 0 Å². The first kappa shape index (κ1) is 86.1. The summed E-state index contributed by atoms with van der Waals surface area (Å²) in [4.78, 5) is 72.4. The summed E-state index contributed by atoms with van der Waals surface area (Å²) in [6.45, 7) is 14.0. The number of aliphatic hydroxyl groups is 1. The van der Waals surface area contributed by atoms with Crippen molar-refractivity contribution in [2.45, 2.75) is 356 Å². The zero-order valence-electron chi connectivity index (χ0n) is 57.3. The van der Waals surface area contributed by atoms with Crippen molar-refractivity contribution in [1.82, 2.24) is 0 Å². The van der Waals surface area contributed by atoms with Gasteiger partial charge in [-0.1, -0.05) is 287 Å². The Labute approximate surface area is 537 Å². The topological polar surface area (TPSA) is 237 Å². The molecular formula is C69H134O17P2. The van der Waals surface area contributed by atoms with E-state index in [4.69, 9.17) is 37.0 Å². The molecule has 0 aromatic carbocycles. The van der Waals surface area contributed by atoms with Crippen LogP contribution in [0.3, 0.4) is 0 Å². The van der Waals surface area contributed by atoms with E-state index in [1.165, 1.54) is 128 Å². The van der Waals surface area contributed by atoms with Crippen molar-refractivity contribution >= 4 is 39.5 Å². The first-order valence-electron chi connectivity index (χ1n) is 35.7. The van der Waals surface area contributed by atoms with E-state index in [1.807, 2.05) is 0 Å². The lowest BCUT2D eigenvalue weighted by Gasteiger charge is -2.21. The van der Waals surface area contributed by atoms with Crippen LogP contribution in [-0.4, -0.2) is 96.7 Å². The predicted molar refractivity (Wildman–Crippen MR) is 354 cm³/mol. The molecule has 0 heterocycles. The van der Waals surface area contributed by atoms with Crippen molar-refractivity contribution < 1.29 is 80.2 Å². The van der Waals surface area contributed by atoms with E-state index in [2.05, 4.69) is 55.4 Å². The van der Waals surface area contributed by atoms with Crippen molar-refractivity contribution in [2.24, 2.45) is 23.7 Å². The van der Waals surface area contributed by atoms with Crippen LogP contribution >= 0.6 is 15.6 Å². The van der Waals surface area contributed by atoms with E-state index in [9.17, 15) is 43.2 Å². The average molecular weight is 1300 g/mol. The highest BCUT2D eigenvalue weighted by Gasteiger charge is 2.30. The summed E-state index contributed by atoms with van der Waals surface area (Å²) in [7, 11) is -9.90. The van der Waals surface area contributed by atoms with Gasteiger partial charge in [-0.15, -0.1) is 0 Å². The summed E-state index contributed by atoms with van der Waals surface area (Å²) in [5.74, 6) is 0.813. The molecule has 0 aliphatic heterocycles. The van der Waals surface area contributed by atoms with Crippen LogP contribution in [0.4, 0.5) is 0 Å². The third kappa shape index (κ3) is 61.6. The van der Waals surface area contributed by atoms with E-state index < -0.39 is 97.5 Å². The molecule has 0 saturated heterocycles. The second-order valence-corrected chi connectivity index (χ2v) is 29.5. The molecule has 0 bridgehead atoms. The average Bonchev–Trinajstić information content (AvgIpc) is 3.47. The van der Waals surface area contributed by atoms with Gasteiger partial charge in [0.1, 0.15) is 19.3 Å². The van der Waals surface area contributed by atoms with Gasteiger partial charge in [-0.05, 0) is 49.4 Å². The molecule has 0 saturated carbocycles. The summed E-state index contributed by atoms with van der Waals surface area (Å²) in [5.41, 5.74) is 0. The highest BCUT2D eigenvalue weighted by molar-refractivity contribution is 7.47. The van der Waals surface area contributed by atoms with Crippen LogP contribution in [0.5, 0.6) is 0 Å². The molecule has 0 spiro atoms. The Bertz CT molecular complexity index is 1750. The minimum absolute atomic E-state index is 0.103. The number of unbranched alkanes of at least 4 members (excludes halogenated alkanes) is 31. The second kappa shape index (κ2) is 58.8. The van der Waals surface area contributed by atoms with Gasteiger partial charge in [0.15, 0.2) is 12.2 Å². The first-order valence-corrected chi connectivity index (χ1v) is 38.7. The van der Waals surface area contributed by atoms with Gasteiger partial charge in [0.2, 0.25) is 0 Å². The molecule has 0 aliphatic rings. The number of rotatable bonds is 66. The van der Waals surface area contributed by atoms with Crippen LogP contribution in [0.15, 0.2) is 0 Å². The van der Waals surface area contributed by atoms with Crippen LogP contribution in [0, 0.1) is 23.7 Å². The Balaban J connectivity index is 5.21. The van der Waals surface area contributed by atoms with Crippen molar-refractivity contribution in [3.63, 3.8) is 0 Å². The Morgan fingerprint density at radius 1 is 0.318 bits per heavy atom. The molecule has 522 valence electrons. The van der Waals surface area contributed by atoms with Crippen molar-refractivity contribution in [1.29, 1.82) is 0 Å². The number of esters is 4. The molecule has 3 N–H and O–H groups in total. The Morgan fingerprint density at radius 2 is 0.545 bits per heavy atom. The summed E-state index contributed by atoms with van der Waals surface area (Å²) in [5, 5.41) is 10.6. The van der Waals surface area contributed by atoms with Crippen LogP contribution in [0.2, 0.25) is 0 Å². The SMILES string of the molecule is CCC(C)CCCCCCCCCCCCCCCCC(=O)O[C@H](COC(=O)CCCCCCCCCC(C)C)COP(=O)(O)OCC(O)COP(=O)(O)OC[C@@H](COC(=O)CCCCCCCCC(C)C)OC(=O)CCCCCCCCCCC(C)C. The van der Waals surface area contributed by atoms with Crippen LogP contribution in [0.25, 0.3) is 0 Å². The largest absolute Gasteiger partial charge is 0.472 e. The number of phosphoric acid groups is 2. The molecule has 19 heteroatoms. The lowest BCUT2D eigenvalue weighted by molar-refractivity contribution is -0.161. The third-order valence-electron chi connectivity index (χ3n) is 16.2. The molecule has 0 aromatic rings. The maximum atomic E-state index is 13.0. The van der Waals surface area contributed by atoms with E-state index in [0.29, 0.717) is 37.5 Å². The zero-order chi connectivity index (χ0) is 65.4. The van der Waals surface area contributed by atoms with Gasteiger partial charge in [0, 0.05) is 25.7 Å². The fraction of sp³-hybridized carbons (Fsp3) is 0.942. The number of aliphatic hydroxyl groups excluding tert-OH is 1.